The predicted octanol–water partition coefficient (Wildman–Crippen LogP) is 4.09. The molecular weight excluding hydrogens is 468 g/mol. The van der Waals surface area contributed by atoms with E-state index in [0.717, 1.165) is 16.6 Å². The van der Waals surface area contributed by atoms with Gasteiger partial charge in [-0.2, -0.15) is 0 Å². The number of nitrogens with zero attached hydrogens (tertiary/aromatic N) is 3. The fourth-order valence-electron chi connectivity index (χ4n) is 4.44. The van der Waals surface area contributed by atoms with E-state index >= 15 is 0 Å². The molecule has 0 radical (unpaired) electrons. The zero-order valence-electron chi connectivity index (χ0n) is 21.6. The number of amides is 2. The number of ether oxygens (including phenoxy) is 2. The first-order chi connectivity index (χ1) is 17.9. The monoisotopic (exact) mass is 500 g/mol. The number of hydrogen-bond donors (Lipinski definition) is 1. The van der Waals surface area contributed by atoms with E-state index in [1.807, 2.05) is 61.6 Å². The molecule has 4 aromatic rings. The molecule has 0 fully saturated rings. The largest absolute Gasteiger partial charge is 0.493 e. The average Bonchev–Trinajstić information content (AvgIpc) is 3.28. The Labute approximate surface area is 216 Å². The van der Waals surface area contributed by atoms with Gasteiger partial charge in [0.25, 0.3) is 11.8 Å². The summed E-state index contributed by atoms with van der Waals surface area (Å²) in [6.07, 6.45) is 1.22. The number of benzene rings is 3. The van der Waals surface area contributed by atoms with Crippen LogP contribution in [0.2, 0.25) is 0 Å². The summed E-state index contributed by atoms with van der Waals surface area (Å²) in [4.78, 5) is 32.6. The molecule has 1 N–H and O–H groups in total. The minimum Gasteiger partial charge on any atom is -0.493 e. The molecule has 1 heterocycles. The van der Waals surface area contributed by atoms with Gasteiger partial charge in [-0.25, -0.2) is 4.98 Å². The van der Waals surface area contributed by atoms with Gasteiger partial charge in [0.05, 0.1) is 25.3 Å². The molecule has 4 rings (SSSR count). The predicted molar refractivity (Wildman–Crippen MR) is 143 cm³/mol. The van der Waals surface area contributed by atoms with Crippen molar-refractivity contribution >= 4 is 22.8 Å². The average molecular weight is 501 g/mol. The van der Waals surface area contributed by atoms with E-state index in [2.05, 4.69) is 10.3 Å². The number of hydrogen-bond acceptors (Lipinski definition) is 5. The Kier molecular flexibility index (Phi) is 8.08. The molecule has 8 nitrogen and oxygen atoms in total. The van der Waals surface area contributed by atoms with Gasteiger partial charge in [0.15, 0.2) is 17.3 Å². The first-order valence-electron chi connectivity index (χ1n) is 12.2. The number of aryl methyl sites for hydroxylation is 1. The van der Waals surface area contributed by atoms with E-state index in [4.69, 9.17) is 9.47 Å². The van der Waals surface area contributed by atoms with Gasteiger partial charge >= 0.3 is 0 Å². The number of carbonyl (C=O) groups excluding carboxylic acids is 2. The van der Waals surface area contributed by atoms with Crippen LogP contribution < -0.4 is 14.8 Å². The number of aromatic nitrogens is 2. The minimum absolute atomic E-state index is 0.136. The third-order valence-electron chi connectivity index (χ3n) is 6.57. The van der Waals surface area contributed by atoms with Crippen LogP contribution in [0.5, 0.6) is 11.5 Å². The molecule has 1 atom stereocenters. The molecule has 37 heavy (non-hydrogen) atoms. The number of imidazole rings is 1. The fraction of sp³-hybridized carbons (Fsp3) is 0.276. The van der Waals surface area contributed by atoms with Crippen LogP contribution in [0.4, 0.5) is 0 Å². The number of methoxy groups -OCH3 is 2. The van der Waals surface area contributed by atoms with Crippen molar-refractivity contribution in [2.45, 2.75) is 18.9 Å². The quantitative estimate of drug-likeness (QED) is 0.355. The highest BCUT2D eigenvalue weighted by Crippen LogP contribution is 2.28. The highest BCUT2D eigenvalue weighted by molar-refractivity contribution is 5.95. The lowest BCUT2D eigenvalue weighted by Crippen LogP contribution is -2.41. The minimum atomic E-state index is -0.244. The molecule has 3 aromatic carbocycles. The number of fused-ring (bicyclic) bond motifs is 1. The lowest BCUT2D eigenvalue weighted by atomic mass is 10.0. The van der Waals surface area contributed by atoms with Gasteiger partial charge in [0.2, 0.25) is 0 Å². The number of carbonyl (C=O) groups is 2. The zero-order chi connectivity index (χ0) is 26.4. The van der Waals surface area contributed by atoms with Gasteiger partial charge < -0.3 is 24.3 Å². The summed E-state index contributed by atoms with van der Waals surface area (Å²) in [7, 11) is 6.72. The Hall–Kier alpha value is -4.33. The van der Waals surface area contributed by atoms with Crippen LogP contribution in [0.25, 0.3) is 11.0 Å². The van der Waals surface area contributed by atoms with Crippen molar-refractivity contribution in [3.63, 3.8) is 0 Å². The van der Waals surface area contributed by atoms with Crippen molar-refractivity contribution in [2.24, 2.45) is 7.05 Å². The van der Waals surface area contributed by atoms with Crippen LogP contribution in [-0.4, -0.2) is 60.1 Å². The summed E-state index contributed by atoms with van der Waals surface area (Å²) < 4.78 is 12.5. The Morgan fingerprint density at radius 1 is 0.973 bits per heavy atom. The molecule has 192 valence electrons. The van der Waals surface area contributed by atoms with E-state index in [1.165, 1.54) is 0 Å². The highest BCUT2D eigenvalue weighted by Gasteiger charge is 2.23. The van der Waals surface area contributed by atoms with Gasteiger partial charge in [0.1, 0.15) is 0 Å². The van der Waals surface area contributed by atoms with Gasteiger partial charge in [-0.1, -0.05) is 42.5 Å². The summed E-state index contributed by atoms with van der Waals surface area (Å²) in [5.41, 5.74) is 3.29. The maximum atomic E-state index is 13.4. The lowest BCUT2D eigenvalue weighted by Gasteiger charge is -2.29. The first-order valence-corrected chi connectivity index (χ1v) is 12.2. The summed E-state index contributed by atoms with van der Waals surface area (Å²) in [5, 5.41) is 2.99. The summed E-state index contributed by atoms with van der Waals surface area (Å²) in [6, 6.07) is 22.6. The van der Waals surface area contributed by atoms with Crippen molar-refractivity contribution in [2.75, 3.05) is 27.8 Å². The molecule has 1 aromatic heterocycles. The van der Waals surface area contributed by atoms with Crippen molar-refractivity contribution in [3.8, 4) is 11.5 Å². The molecular formula is C29H32N4O4. The van der Waals surface area contributed by atoms with Crippen LogP contribution in [0.15, 0.2) is 72.8 Å². The van der Waals surface area contributed by atoms with Crippen LogP contribution in [-0.2, 0) is 13.5 Å². The van der Waals surface area contributed by atoms with E-state index in [1.54, 1.807) is 48.9 Å². The first kappa shape index (κ1) is 25.8. The fourth-order valence-corrected chi connectivity index (χ4v) is 4.44. The maximum Gasteiger partial charge on any atom is 0.287 e. The van der Waals surface area contributed by atoms with Crippen LogP contribution in [0.1, 0.15) is 33.0 Å². The molecule has 0 aliphatic rings. The summed E-state index contributed by atoms with van der Waals surface area (Å²) in [5.74, 6) is 1.04. The number of nitrogens with one attached hydrogen (secondary N) is 1. The molecule has 0 unspecified atom stereocenters. The van der Waals surface area contributed by atoms with Crippen molar-refractivity contribution in [3.05, 3.63) is 89.7 Å². The molecule has 8 heteroatoms. The van der Waals surface area contributed by atoms with E-state index in [9.17, 15) is 9.59 Å². The molecule has 0 aliphatic heterocycles. The molecule has 0 saturated carbocycles. The number of likely N-dealkylation sites (N-methyl/N-ethyl adjacent to an activating group) is 1. The van der Waals surface area contributed by atoms with Gasteiger partial charge in [-0.3, -0.25) is 9.59 Å². The lowest BCUT2D eigenvalue weighted by molar-refractivity contribution is 0.0722. The van der Waals surface area contributed by atoms with Crippen LogP contribution in [0.3, 0.4) is 0 Å². The summed E-state index contributed by atoms with van der Waals surface area (Å²) in [6.45, 7) is 0.392. The second kappa shape index (κ2) is 11.6. The van der Waals surface area contributed by atoms with Crippen LogP contribution in [0, 0.1) is 0 Å². The van der Waals surface area contributed by atoms with Gasteiger partial charge in [-0.05, 0) is 48.7 Å². The van der Waals surface area contributed by atoms with E-state index in [0.29, 0.717) is 42.3 Å². The third kappa shape index (κ3) is 5.74. The third-order valence-corrected chi connectivity index (χ3v) is 6.57. The zero-order valence-corrected chi connectivity index (χ0v) is 21.6. The standard InChI is InChI=1S/C29H32N4O4/c1-32(29(35)21-14-15-25(36-3)26(19-21)37-4)22(18-20-10-6-5-7-11-20)16-17-30-28(34)27-31-23-12-8-9-13-24(23)33(27)2/h5-15,19,22H,16-18H2,1-4H3,(H,30,34)/t22-/m1/s1. The number of rotatable bonds is 10. The maximum absolute atomic E-state index is 13.4. The topological polar surface area (TPSA) is 85.7 Å². The Morgan fingerprint density at radius 3 is 2.38 bits per heavy atom. The van der Waals surface area contributed by atoms with Gasteiger partial charge in [-0.15, -0.1) is 0 Å². The molecule has 0 saturated heterocycles. The Balaban J connectivity index is 1.49. The second-order valence-corrected chi connectivity index (χ2v) is 8.86. The molecule has 2 amide bonds. The Morgan fingerprint density at radius 2 is 1.68 bits per heavy atom. The normalized spacial score (nSPS) is 11.7. The van der Waals surface area contributed by atoms with Crippen LogP contribution >= 0.6 is 0 Å². The van der Waals surface area contributed by atoms with Crippen molar-refractivity contribution in [1.29, 1.82) is 0 Å². The molecule has 0 bridgehead atoms. The summed E-state index contributed by atoms with van der Waals surface area (Å²) >= 11 is 0. The van der Waals surface area contributed by atoms with Crippen molar-refractivity contribution in [1.82, 2.24) is 19.8 Å². The number of para-hydroxylation sites is 2. The Bertz CT molecular complexity index is 1380. The molecule has 0 aliphatic carbocycles. The second-order valence-electron chi connectivity index (χ2n) is 8.86. The highest BCUT2D eigenvalue weighted by atomic mass is 16.5. The van der Waals surface area contributed by atoms with Crippen molar-refractivity contribution < 1.29 is 19.1 Å². The van der Waals surface area contributed by atoms with E-state index in [-0.39, 0.29) is 17.9 Å². The smallest absolute Gasteiger partial charge is 0.287 e. The SMILES string of the molecule is COc1ccc(C(=O)N(C)[C@H](CCNC(=O)c2nc3ccccc3n2C)Cc2ccccc2)cc1OC. The van der Waals surface area contributed by atoms with E-state index < -0.39 is 0 Å². The molecule has 0 spiro atoms. The van der Waals surface area contributed by atoms with Gasteiger partial charge in [0, 0.05) is 32.2 Å².